The van der Waals surface area contributed by atoms with Crippen LogP contribution in [0.2, 0.25) is 0 Å². The van der Waals surface area contributed by atoms with Gasteiger partial charge in [-0.2, -0.15) is 5.10 Å². The molecule has 26 heavy (non-hydrogen) atoms. The van der Waals surface area contributed by atoms with Crippen LogP contribution < -0.4 is 10.6 Å². The lowest BCUT2D eigenvalue weighted by Crippen LogP contribution is -2.29. The van der Waals surface area contributed by atoms with Crippen LogP contribution in [0.5, 0.6) is 0 Å². The SMILES string of the molecule is Cc1cc(C)n(-c2cc(NCCNC(=O)c3ccncc3F)ncn2)n1. The molecule has 0 bridgehead atoms. The number of rotatable bonds is 6. The Hall–Kier alpha value is -3.36. The van der Waals surface area contributed by atoms with Gasteiger partial charge < -0.3 is 10.6 Å². The fourth-order valence-electron chi connectivity index (χ4n) is 2.44. The second-order valence-electron chi connectivity index (χ2n) is 5.64. The molecule has 0 aromatic carbocycles. The maximum Gasteiger partial charge on any atom is 0.254 e. The molecule has 2 N–H and O–H groups in total. The summed E-state index contributed by atoms with van der Waals surface area (Å²) in [7, 11) is 0. The number of nitrogens with zero attached hydrogens (tertiary/aromatic N) is 5. The zero-order valence-corrected chi connectivity index (χ0v) is 14.4. The highest BCUT2D eigenvalue weighted by Gasteiger charge is 2.10. The van der Waals surface area contributed by atoms with E-state index in [1.807, 2.05) is 19.9 Å². The number of carbonyl (C=O) groups is 1. The van der Waals surface area contributed by atoms with Crippen molar-refractivity contribution in [1.29, 1.82) is 0 Å². The number of halogens is 1. The molecule has 0 aliphatic rings. The Morgan fingerprint density at radius 3 is 2.81 bits per heavy atom. The van der Waals surface area contributed by atoms with Crippen LogP contribution in [0, 0.1) is 19.7 Å². The molecule has 0 spiro atoms. The van der Waals surface area contributed by atoms with Gasteiger partial charge in [0.15, 0.2) is 11.6 Å². The molecule has 0 saturated carbocycles. The summed E-state index contributed by atoms with van der Waals surface area (Å²) in [6.07, 6.45) is 3.82. The monoisotopic (exact) mass is 355 g/mol. The molecule has 0 unspecified atom stereocenters. The van der Waals surface area contributed by atoms with Crippen molar-refractivity contribution in [2.45, 2.75) is 13.8 Å². The summed E-state index contributed by atoms with van der Waals surface area (Å²) in [6, 6.07) is 5.07. The molecule has 0 aliphatic carbocycles. The van der Waals surface area contributed by atoms with Crippen LogP contribution in [0.3, 0.4) is 0 Å². The van der Waals surface area contributed by atoms with Gasteiger partial charge in [-0.25, -0.2) is 19.0 Å². The normalized spacial score (nSPS) is 10.6. The van der Waals surface area contributed by atoms with Gasteiger partial charge in [0.25, 0.3) is 5.91 Å². The number of aromatic nitrogens is 5. The first-order valence-corrected chi connectivity index (χ1v) is 8.02. The lowest BCUT2D eigenvalue weighted by atomic mass is 10.2. The van der Waals surface area contributed by atoms with E-state index in [0.717, 1.165) is 17.6 Å². The summed E-state index contributed by atoms with van der Waals surface area (Å²) in [5.74, 6) is 0.115. The second kappa shape index (κ2) is 7.68. The molecule has 3 aromatic rings. The van der Waals surface area contributed by atoms with Crippen molar-refractivity contribution in [2.75, 3.05) is 18.4 Å². The van der Waals surface area contributed by atoms with Crippen molar-refractivity contribution in [3.63, 3.8) is 0 Å². The van der Waals surface area contributed by atoms with Crippen LogP contribution in [0.15, 0.2) is 36.9 Å². The summed E-state index contributed by atoms with van der Waals surface area (Å²) < 4.78 is 15.2. The molecule has 134 valence electrons. The van der Waals surface area contributed by atoms with Crippen LogP contribution in [0.1, 0.15) is 21.7 Å². The van der Waals surface area contributed by atoms with E-state index in [0.29, 0.717) is 24.7 Å². The molecule has 9 heteroatoms. The number of hydrogen-bond donors (Lipinski definition) is 2. The molecule has 1 amide bonds. The second-order valence-corrected chi connectivity index (χ2v) is 5.64. The van der Waals surface area contributed by atoms with Crippen LogP contribution in [0.25, 0.3) is 5.82 Å². The van der Waals surface area contributed by atoms with Crippen molar-refractivity contribution in [1.82, 2.24) is 30.0 Å². The van der Waals surface area contributed by atoms with Crippen molar-refractivity contribution in [3.05, 3.63) is 59.7 Å². The molecule has 8 nitrogen and oxygen atoms in total. The van der Waals surface area contributed by atoms with Crippen molar-refractivity contribution in [3.8, 4) is 5.82 Å². The average Bonchev–Trinajstić information content (AvgIpc) is 2.97. The fourth-order valence-corrected chi connectivity index (χ4v) is 2.44. The maximum absolute atomic E-state index is 13.5. The quantitative estimate of drug-likeness (QED) is 0.653. The van der Waals surface area contributed by atoms with Gasteiger partial charge in [0.05, 0.1) is 17.5 Å². The number of hydrogen-bond acceptors (Lipinski definition) is 6. The number of nitrogens with one attached hydrogen (secondary N) is 2. The first kappa shape index (κ1) is 17.5. The zero-order chi connectivity index (χ0) is 18.5. The van der Waals surface area contributed by atoms with Crippen LogP contribution in [0.4, 0.5) is 10.2 Å². The molecule has 0 atom stereocenters. The van der Waals surface area contributed by atoms with Crippen LogP contribution in [-0.4, -0.2) is 43.7 Å². The van der Waals surface area contributed by atoms with Crippen molar-refractivity contribution >= 4 is 11.7 Å². The van der Waals surface area contributed by atoms with Gasteiger partial charge in [-0.3, -0.25) is 9.78 Å². The first-order valence-electron chi connectivity index (χ1n) is 8.02. The number of pyridine rings is 1. The number of amides is 1. The van der Waals surface area contributed by atoms with Crippen LogP contribution in [-0.2, 0) is 0 Å². The van der Waals surface area contributed by atoms with Crippen molar-refractivity contribution in [2.24, 2.45) is 0 Å². The van der Waals surface area contributed by atoms with Gasteiger partial charge in [0.1, 0.15) is 12.1 Å². The van der Waals surface area contributed by atoms with E-state index in [1.54, 1.807) is 10.7 Å². The summed E-state index contributed by atoms with van der Waals surface area (Å²) in [5.41, 5.74) is 1.84. The average molecular weight is 355 g/mol. The minimum atomic E-state index is -0.650. The zero-order valence-electron chi connectivity index (χ0n) is 14.4. The fraction of sp³-hybridized carbons (Fsp3) is 0.235. The highest BCUT2D eigenvalue weighted by molar-refractivity contribution is 5.94. The van der Waals surface area contributed by atoms with E-state index < -0.39 is 11.7 Å². The van der Waals surface area contributed by atoms with Gasteiger partial charge in [-0.1, -0.05) is 0 Å². The summed E-state index contributed by atoms with van der Waals surface area (Å²) in [5, 5.41) is 10.1. The molecule has 3 heterocycles. The molecular formula is C17H18FN7O. The predicted molar refractivity (Wildman–Crippen MR) is 93.6 cm³/mol. The third-order valence-electron chi connectivity index (χ3n) is 3.61. The van der Waals surface area contributed by atoms with E-state index in [2.05, 4.69) is 30.7 Å². The molecule has 0 fully saturated rings. The van der Waals surface area contributed by atoms with E-state index in [1.165, 1.54) is 18.6 Å². The maximum atomic E-state index is 13.5. The van der Waals surface area contributed by atoms with E-state index in [-0.39, 0.29) is 5.56 Å². The van der Waals surface area contributed by atoms with Gasteiger partial charge in [0, 0.05) is 31.0 Å². The molecule has 3 aromatic heterocycles. The summed E-state index contributed by atoms with van der Waals surface area (Å²) in [6.45, 7) is 4.59. The predicted octanol–water partition coefficient (Wildman–Crippen LogP) is 1.66. The third kappa shape index (κ3) is 4.00. The number of carbonyl (C=O) groups excluding carboxylic acids is 1. The Morgan fingerprint density at radius 1 is 1.23 bits per heavy atom. The Kier molecular flexibility index (Phi) is 5.16. The summed E-state index contributed by atoms with van der Waals surface area (Å²) in [4.78, 5) is 23.9. The largest absolute Gasteiger partial charge is 0.368 e. The molecule has 3 rings (SSSR count). The molecule has 0 radical (unpaired) electrons. The Bertz CT molecular complexity index is 925. The third-order valence-corrected chi connectivity index (χ3v) is 3.61. The van der Waals surface area contributed by atoms with Gasteiger partial charge in [0.2, 0.25) is 0 Å². The minimum Gasteiger partial charge on any atom is -0.368 e. The number of aryl methyl sites for hydroxylation is 2. The standard InChI is InChI=1S/C17H18FN7O/c1-11-7-12(2)25(24-11)16-8-15(22-10-23-16)20-5-6-21-17(26)13-3-4-19-9-14(13)18/h3-4,7-10H,5-6H2,1-2H3,(H,21,26)(H,20,22,23). The minimum absolute atomic E-state index is 0.0335. The Balaban J connectivity index is 1.56. The Morgan fingerprint density at radius 2 is 2.08 bits per heavy atom. The number of anilines is 1. The molecule has 0 saturated heterocycles. The lowest BCUT2D eigenvalue weighted by molar-refractivity contribution is 0.0951. The van der Waals surface area contributed by atoms with Gasteiger partial charge in [-0.05, 0) is 26.0 Å². The van der Waals surface area contributed by atoms with Gasteiger partial charge >= 0.3 is 0 Å². The van der Waals surface area contributed by atoms with Crippen LogP contribution >= 0.6 is 0 Å². The molecule has 0 aliphatic heterocycles. The van der Waals surface area contributed by atoms with E-state index >= 15 is 0 Å². The summed E-state index contributed by atoms with van der Waals surface area (Å²) >= 11 is 0. The van der Waals surface area contributed by atoms with E-state index in [9.17, 15) is 9.18 Å². The Labute approximate surface area is 149 Å². The lowest BCUT2D eigenvalue weighted by Gasteiger charge is -2.09. The van der Waals surface area contributed by atoms with E-state index in [4.69, 9.17) is 0 Å². The highest BCUT2D eigenvalue weighted by atomic mass is 19.1. The first-order chi connectivity index (χ1) is 12.5. The van der Waals surface area contributed by atoms with Crippen molar-refractivity contribution < 1.29 is 9.18 Å². The smallest absolute Gasteiger partial charge is 0.254 e. The molecular weight excluding hydrogens is 337 g/mol. The highest BCUT2D eigenvalue weighted by Crippen LogP contribution is 2.12. The van der Waals surface area contributed by atoms with Gasteiger partial charge in [-0.15, -0.1) is 0 Å². The topological polar surface area (TPSA) is 97.6 Å².